The molecule has 5 rings (SSSR count). The van der Waals surface area contributed by atoms with Crippen LogP contribution in [0.4, 0.5) is 10.5 Å². The number of benzene rings is 3. The zero-order valence-corrected chi connectivity index (χ0v) is 20.4. The number of barbiturate groups is 1. The molecule has 0 spiro atoms. The lowest BCUT2D eigenvalue weighted by Gasteiger charge is -2.26. The number of anilines is 1. The quantitative estimate of drug-likeness (QED) is 0.306. The minimum absolute atomic E-state index is 0.0802. The summed E-state index contributed by atoms with van der Waals surface area (Å²) in [6.07, 6.45) is 1.34. The summed E-state index contributed by atoms with van der Waals surface area (Å²) < 4.78 is 10.5. The first-order chi connectivity index (χ1) is 18.3. The maximum atomic E-state index is 13.2. The molecule has 1 fully saturated rings. The molecule has 0 atom stereocenters. The highest BCUT2D eigenvalue weighted by Gasteiger charge is 2.37. The van der Waals surface area contributed by atoms with Crippen LogP contribution in [0, 0.1) is 0 Å². The van der Waals surface area contributed by atoms with Crippen LogP contribution >= 0.6 is 0 Å². The predicted molar refractivity (Wildman–Crippen MR) is 136 cm³/mol. The molecule has 10 heteroatoms. The van der Waals surface area contributed by atoms with Crippen molar-refractivity contribution < 1.29 is 33.4 Å². The van der Waals surface area contributed by atoms with Gasteiger partial charge in [-0.3, -0.25) is 29.4 Å². The summed E-state index contributed by atoms with van der Waals surface area (Å²) in [6.45, 7) is -0.0802. The van der Waals surface area contributed by atoms with Crippen molar-refractivity contribution in [3.63, 3.8) is 0 Å². The van der Waals surface area contributed by atoms with Gasteiger partial charge in [-0.1, -0.05) is 18.2 Å². The summed E-state index contributed by atoms with van der Waals surface area (Å²) in [5.41, 5.74) is 1.55. The molecule has 0 aliphatic carbocycles. The number of nitrogens with zero attached hydrogens (tertiary/aromatic N) is 2. The number of fused-ring (bicyclic) bond motifs is 1. The van der Waals surface area contributed by atoms with Crippen LogP contribution in [-0.4, -0.2) is 48.8 Å². The second kappa shape index (κ2) is 9.66. The number of carbonyl (C=O) groups is 5. The highest BCUT2D eigenvalue weighted by atomic mass is 16.5. The lowest BCUT2D eigenvalue weighted by atomic mass is 10.0. The van der Waals surface area contributed by atoms with E-state index in [1.54, 1.807) is 54.6 Å². The smallest absolute Gasteiger partial charge is 0.335 e. The molecule has 38 heavy (non-hydrogen) atoms. The molecule has 190 valence electrons. The highest BCUT2D eigenvalue weighted by molar-refractivity contribution is 6.39. The third kappa shape index (κ3) is 4.17. The van der Waals surface area contributed by atoms with E-state index in [0.717, 1.165) is 9.80 Å². The van der Waals surface area contributed by atoms with Gasteiger partial charge in [-0.25, -0.2) is 9.69 Å². The van der Waals surface area contributed by atoms with Gasteiger partial charge in [0.15, 0.2) is 0 Å². The van der Waals surface area contributed by atoms with Crippen molar-refractivity contribution >= 4 is 41.4 Å². The van der Waals surface area contributed by atoms with Gasteiger partial charge in [0, 0.05) is 5.56 Å². The monoisotopic (exact) mass is 511 g/mol. The fourth-order valence-corrected chi connectivity index (χ4v) is 4.35. The van der Waals surface area contributed by atoms with Crippen molar-refractivity contribution in [2.24, 2.45) is 0 Å². The first-order valence-corrected chi connectivity index (χ1v) is 11.5. The first-order valence-electron chi connectivity index (χ1n) is 11.5. The number of ether oxygens (including phenoxy) is 2. The molecule has 0 aromatic heterocycles. The Morgan fingerprint density at radius 2 is 1.45 bits per heavy atom. The van der Waals surface area contributed by atoms with Crippen LogP contribution in [0.5, 0.6) is 11.5 Å². The van der Waals surface area contributed by atoms with E-state index >= 15 is 0 Å². The van der Waals surface area contributed by atoms with Crippen LogP contribution in [0.15, 0.2) is 72.3 Å². The van der Waals surface area contributed by atoms with Gasteiger partial charge in [-0.15, -0.1) is 0 Å². The summed E-state index contributed by atoms with van der Waals surface area (Å²) in [4.78, 5) is 66.0. The van der Waals surface area contributed by atoms with Crippen molar-refractivity contribution in [1.29, 1.82) is 0 Å². The lowest BCUT2D eigenvalue weighted by molar-refractivity contribution is -0.122. The second-order valence-electron chi connectivity index (χ2n) is 8.47. The van der Waals surface area contributed by atoms with Crippen molar-refractivity contribution in [2.75, 3.05) is 19.1 Å². The van der Waals surface area contributed by atoms with Gasteiger partial charge in [0.2, 0.25) is 0 Å². The SMILES string of the molecule is COc1ccc(N2C(=O)NC(=O)C(=Cc3ccc(OC)c(CN4C(=O)c5ccccc5C4=O)c3)C2=O)cc1. The number of imide groups is 3. The summed E-state index contributed by atoms with van der Waals surface area (Å²) in [6, 6.07) is 16.8. The second-order valence-corrected chi connectivity index (χ2v) is 8.47. The molecular weight excluding hydrogens is 490 g/mol. The lowest BCUT2D eigenvalue weighted by Crippen LogP contribution is -2.54. The van der Waals surface area contributed by atoms with E-state index in [1.165, 1.54) is 32.4 Å². The fraction of sp³-hybridized carbons (Fsp3) is 0.107. The van der Waals surface area contributed by atoms with Crippen LogP contribution in [0.25, 0.3) is 6.08 Å². The zero-order chi connectivity index (χ0) is 27.0. The Balaban J connectivity index is 1.46. The zero-order valence-electron chi connectivity index (χ0n) is 20.4. The fourth-order valence-electron chi connectivity index (χ4n) is 4.35. The van der Waals surface area contributed by atoms with Crippen LogP contribution in [0.2, 0.25) is 0 Å². The van der Waals surface area contributed by atoms with Crippen LogP contribution < -0.4 is 19.7 Å². The van der Waals surface area contributed by atoms with Gasteiger partial charge in [-0.05, 0) is 60.2 Å². The van der Waals surface area contributed by atoms with Gasteiger partial charge in [-0.2, -0.15) is 0 Å². The Hall–Kier alpha value is -5.25. The van der Waals surface area contributed by atoms with Gasteiger partial charge in [0.05, 0.1) is 37.6 Å². The van der Waals surface area contributed by atoms with E-state index in [2.05, 4.69) is 5.32 Å². The topological polar surface area (TPSA) is 122 Å². The van der Waals surface area contributed by atoms with Crippen molar-refractivity contribution in [3.8, 4) is 11.5 Å². The van der Waals surface area contributed by atoms with Crippen molar-refractivity contribution in [3.05, 3.63) is 94.6 Å². The third-order valence-corrected chi connectivity index (χ3v) is 6.25. The van der Waals surface area contributed by atoms with Crippen molar-refractivity contribution in [2.45, 2.75) is 6.54 Å². The summed E-state index contributed by atoms with van der Waals surface area (Å²) in [5.74, 6) is -1.55. The number of nitrogens with one attached hydrogen (secondary N) is 1. The average Bonchev–Trinajstić information content (AvgIpc) is 3.16. The van der Waals surface area contributed by atoms with E-state index in [1.807, 2.05) is 0 Å². The minimum Gasteiger partial charge on any atom is -0.497 e. The molecule has 0 unspecified atom stereocenters. The molecular formula is C28H21N3O7. The molecule has 0 bridgehead atoms. The summed E-state index contributed by atoms with van der Waals surface area (Å²) in [7, 11) is 2.94. The molecule has 2 aliphatic rings. The van der Waals surface area contributed by atoms with Crippen LogP contribution in [0.3, 0.4) is 0 Å². The summed E-state index contributed by atoms with van der Waals surface area (Å²) >= 11 is 0. The highest BCUT2D eigenvalue weighted by Crippen LogP contribution is 2.29. The molecule has 2 heterocycles. The van der Waals surface area contributed by atoms with Gasteiger partial charge < -0.3 is 9.47 Å². The Bertz CT molecular complexity index is 1510. The van der Waals surface area contributed by atoms with Crippen molar-refractivity contribution in [1.82, 2.24) is 10.2 Å². The molecule has 2 aliphatic heterocycles. The number of methoxy groups -OCH3 is 2. The summed E-state index contributed by atoms with van der Waals surface area (Å²) in [5, 5.41) is 2.18. The molecule has 1 saturated heterocycles. The van der Waals surface area contributed by atoms with E-state index in [-0.39, 0.29) is 17.8 Å². The molecule has 10 nitrogen and oxygen atoms in total. The molecule has 0 radical (unpaired) electrons. The largest absolute Gasteiger partial charge is 0.497 e. The maximum Gasteiger partial charge on any atom is 0.335 e. The third-order valence-electron chi connectivity index (χ3n) is 6.25. The molecule has 3 aromatic carbocycles. The minimum atomic E-state index is -0.872. The van der Waals surface area contributed by atoms with E-state index < -0.39 is 29.7 Å². The Morgan fingerprint density at radius 3 is 2.05 bits per heavy atom. The van der Waals surface area contributed by atoms with Crippen LogP contribution in [0.1, 0.15) is 31.8 Å². The van der Waals surface area contributed by atoms with Crippen LogP contribution in [-0.2, 0) is 16.1 Å². The average molecular weight is 511 g/mol. The van der Waals surface area contributed by atoms with E-state index in [9.17, 15) is 24.0 Å². The predicted octanol–water partition coefficient (Wildman–Crippen LogP) is 3.17. The molecule has 3 aromatic rings. The van der Waals surface area contributed by atoms with Gasteiger partial charge >= 0.3 is 6.03 Å². The maximum absolute atomic E-state index is 13.2. The number of hydrogen-bond acceptors (Lipinski definition) is 7. The van der Waals surface area contributed by atoms with Gasteiger partial charge in [0.25, 0.3) is 23.6 Å². The van der Waals surface area contributed by atoms with Gasteiger partial charge in [0.1, 0.15) is 17.1 Å². The standard InChI is InChI=1S/C28H21N3O7/c1-37-19-10-8-18(9-11-19)31-27(35)22(24(32)29-28(31)36)14-16-7-12-23(38-2)17(13-16)15-30-25(33)20-5-3-4-6-21(20)26(30)34/h3-14H,15H2,1-2H3,(H,29,32,36). The Morgan fingerprint density at radius 1 is 0.789 bits per heavy atom. The Labute approximate surface area is 217 Å². The molecule has 6 amide bonds. The number of amides is 6. The normalized spacial score (nSPS) is 16.2. The molecule has 1 N–H and O–H groups in total. The number of urea groups is 1. The Kier molecular flexibility index (Phi) is 6.21. The number of carbonyl (C=O) groups excluding carboxylic acids is 5. The first kappa shape index (κ1) is 24.4. The van der Waals surface area contributed by atoms with E-state index in [4.69, 9.17) is 9.47 Å². The number of hydrogen-bond donors (Lipinski definition) is 1. The molecule has 0 saturated carbocycles. The number of rotatable bonds is 6. The van der Waals surface area contributed by atoms with E-state index in [0.29, 0.717) is 33.8 Å².